The Kier molecular flexibility index (Phi) is 4.88. The van der Waals surface area contributed by atoms with Crippen LogP contribution < -0.4 is 0 Å². The number of aryl methyl sites for hydroxylation is 1. The average Bonchev–Trinajstić information content (AvgIpc) is 3.14. The van der Waals surface area contributed by atoms with Crippen molar-refractivity contribution in [1.29, 1.82) is 0 Å². The first-order chi connectivity index (χ1) is 13.6. The summed E-state index contributed by atoms with van der Waals surface area (Å²) >= 11 is 0. The summed E-state index contributed by atoms with van der Waals surface area (Å²) < 4.78 is 32.9. The molecule has 0 saturated carbocycles. The fourth-order valence-electron chi connectivity index (χ4n) is 3.24. The van der Waals surface area contributed by atoms with E-state index in [-0.39, 0.29) is 9.79 Å². The molecule has 0 N–H and O–H groups in total. The SMILES string of the molecule is Cc1ccc(S(=O)(=O)c2c(Cc3ccccc3)coc2-c2ccccc2)cc1. The molecule has 1 aromatic heterocycles. The third-order valence-corrected chi connectivity index (χ3v) is 6.57. The van der Waals surface area contributed by atoms with Gasteiger partial charge in [-0.3, -0.25) is 0 Å². The van der Waals surface area contributed by atoms with Gasteiger partial charge in [0.15, 0.2) is 5.76 Å². The highest BCUT2D eigenvalue weighted by Gasteiger charge is 2.29. The maximum absolute atomic E-state index is 13.6. The third kappa shape index (κ3) is 3.51. The van der Waals surface area contributed by atoms with Crippen LogP contribution in [-0.4, -0.2) is 8.42 Å². The lowest BCUT2D eigenvalue weighted by Gasteiger charge is -2.09. The fraction of sp³-hybridized carbons (Fsp3) is 0.0833. The molecule has 0 aliphatic carbocycles. The van der Waals surface area contributed by atoms with E-state index in [4.69, 9.17) is 4.42 Å². The Morgan fingerprint density at radius 1 is 0.786 bits per heavy atom. The van der Waals surface area contributed by atoms with Gasteiger partial charge in [-0.05, 0) is 24.6 Å². The van der Waals surface area contributed by atoms with Crippen LogP contribution in [0.15, 0.2) is 105 Å². The smallest absolute Gasteiger partial charge is 0.210 e. The minimum absolute atomic E-state index is 0.242. The van der Waals surface area contributed by atoms with E-state index in [1.165, 1.54) is 0 Å². The molecule has 3 aromatic carbocycles. The Morgan fingerprint density at radius 2 is 1.39 bits per heavy atom. The van der Waals surface area contributed by atoms with Gasteiger partial charge >= 0.3 is 0 Å². The fourth-order valence-corrected chi connectivity index (χ4v) is 4.84. The zero-order valence-corrected chi connectivity index (χ0v) is 16.3. The highest BCUT2D eigenvalue weighted by molar-refractivity contribution is 7.91. The van der Waals surface area contributed by atoms with Crippen LogP contribution in [-0.2, 0) is 16.3 Å². The third-order valence-electron chi connectivity index (χ3n) is 4.69. The largest absolute Gasteiger partial charge is 0.463 e. The summed E-state index contributed by atoms with van der Waals surface area (Å²) in [5, 5.41) is 0. The van der Waals surface area contributed by atoms with Crippen molar-refractivity contribution in [2.24, 2.45) is 0 Å². The topological polar surface area (TPSA) is 47.3 Å². The van der Waals surface area contributed by atoms with Gasteiger partial charge in [-0.15, -0.1) is 0 Å². The number of hydrogen-bond donors (Lipinski definition) is 0. The van der Waals surface area contributed by atoms with E-state index in [0.29, 0.717) is 17.7 Å². The second-order valence-corrected chi connectivity index (χ2v) is 8.65. The monoisotopic (exact) mass is 388 g/mol. The molecule has 0 amide bonds. The minimum atomic E-state index is -3.74. The van der Waals surface area contributed by atoms with Gasteiger partial charge in [-0.1, -0.05) is 78.4 Å². The summed E-state index contributed by atoms with van der Waals surface area (Å²) in [5.41, 5.74) is 3.44. The van der Waals surface area contributed by atoms with Crippen molar-refractivity contribution in [1.82, 2.24) is 0 Å². The van der Waals surface area contributed by atoms with Crippen LogP contribution in [0, 0.1) is 6.92 Å². The van der Waals surface area contributed by atoms with Gasteiger partial charge in [0.25, 0.3) is 0 Å². The molecule has 0 aliphatic rings. The van der Waals surface area contributed by atoms with E-state index in [1.54, 1.807) is 18.4 Å². The van der Waals surface area contributed by atoms with Crippen LogP contribution in [0.2, 0.25) is 0 Å². The first-order valence-corrected chi connectivity index (χ1v) is 10.6. The summed E-state index contributed by atoms with van der Waals surface area (Å²) in [6, 6.07) is 26.1. The van der Waals surface area contributed by atoms with E-state index in [1.807, 2.05) is 79.7 Å². The first-order valence-electron chi connectivity index (χ1n) is 9.07. The van der Waals surface area contributed by atoms with Crippen LogP contribution in [0.4, 0.5) is 0 Å². The van der Waals surface area contributed by atoms with Crippen LogP contribution in [0.25, 0.3) is 11.3 Å². The van der Waals surface area contributed by atoms with Gasteiger partial charge in [-0.25, -0.2) is 8.42 Å². The number of rotatable bonds is 5. The van der Waals surface area contributed by atoms with E-state index in [0.717, 1.165) is 16.7 Å². The van der Waals surface area contributed by atoms with Gasteiger partial charge in [0.05, 0.1) is 11.2 Å². The molecule has 0 spiro atoms. The molecule has 0 saturated heterocycles. The Bertz CT molecular complexity index is 1170. The predicted molar refractivity (Wildman–Crippen MR) is 110 cm³/mol. The Balaban J connectivity index is 1.89. The van der Waals surface area contributed by atoms with Crippen molar-refractivity contribution in [2.45, 2.75) is 23.1 Å². The molecular formula is C24H20O3S. The minimum Gasteiger partial charge on any atom is -0.463 e. The van der Waals surface area contributed by atoms with Gasteiger partial charge in [-0.2, -0.15) is 0 Å². The molecule has 0 atom stereocenters. The zero-order valence-electron chi connectivity index (χ0n) is 15.5. The lowest BCUT2D eigenvalue weighted by molar-refractivity contribution is 0.570. The normalized spacial score (nSPS) is 11.5. The van der Waals surface area contributed by atoms with E-state index < -0.39 is 9.84 Å². The molecular weight excluding hydrogens is 368 g/mol. The van der Waals surface area contributed by atoms with Crippen LogP contribution in [0.5, 0.6) is 0 Å². The summed E-state index contributed by atoms with van der Waals surface area (Å²) in [4.78, 5) is 0.511. The van der Waals surface area contributed by atoms with Gasteiger partial charge in [0, 0.05) is 17.5 Å². The molecule has 4 heteroatoms. The molecule has 28 heavy (non-hydrogen) atoms. The zero-order chi connectivity index (χ0) is 19.6. The van der Waals surface area contributed by atoms with Crippen molar-refractivity contribution in [2.75, 3.05) is 0 Å². The standard InChI is InChI=1S/C24H20O3S/c1-18-12-14-22(15-13-18)28(25,26)24-21(16-19-8-4-2-5-9-19)17-27-23(24)20-10-6-3-7-11-20/h2-15,17H,16H2,1H3. The molecule has 1 heterocycles. The summed E-state index contributed by atoms with van der Waals surface area (Å²) in [6.07, 6.45) is 2.05. The average molecular weight is 388 g/mol. The predicted octanol–water partition coefficient (Wildman–Crippen LogP) is 5.68. The number of sulfone groups is 1. The van der Waals surface area contributed by atoms with Crippen LogP contribution >= 0.6 is 0 Å². The van der Waals surface area contributed by atoms with Gasteiger partial charge in [0.1, 0.15) is 4.90 Å². The highest BCUT2D eigenvalue weighted by atomic mass is 32.2. The molecule has 3 nitrogen and oxygen atoms in total. The van der Waals surface area contributed by atoms with Crippen molar-refractivity contribution in [3.63, 3.8) is 0 Å². The second kappa shape index (κ2) is 7.49. The summed E-state index contributed by atoms with van der Waals surface area (Å²) in [5.74, 6) is 0.382. The van der Waals surface area contributed by atoms with Crippen molar-refractivity contribution in [3.05, 3.63) is 108 Å². The number of benzene rings is 3. The Morgan fingerprint density at radius 3 is 2.04 bits per heavy atom. The number of furan rings is 1. The lowest BCUT2D eigenvalue weighted by Crippen LogP contribution is -2.06. The van der Waals surface area contributed by atoms with E-state index in [9.17, 15) is 8.42 Å². The molecule has 4 rings (SSSR count). The van der Waals surface area contributed by atoms with Crippen LogP contribution in [0.3, 0.4) is 0 Å². The van der Waals surface area contributed by atoms with Crippen molar-refractivity contribution < 1.29 is 12.8 Å². The quantitative estimate of drug-likeness (QED) is 0.442. The lowest BCUT2D eigenvalue weighted by atomic mass is 10.1. The second-order valence-electron chi connectivity index (χ2n) is 6.76. The molecule has 0 fully saturated rings. The first kappa shape index (κ1) is 18.3. The Hall–Kier alpha value is -3.11. The molecule has 4 aromatic rings. The molecule has 0 radical (unpaired) electrons. The molecule has 0 unspecified atom stereocenters. The molecule has 140 valence electrons. The van der Waals surface area contributed by atoms with Gasteiger partial charge < -0.3 is 4.42 Å². The summed E-state index contributed by atoms with van der Waals surface area (Å²) in [6.45, 7) is 1.93. The van der Waals surface area contributed by atoms with E-state index >= 15 is 0 Å². The van der Waals surface area contributed by atoms with Crippen molar-refractivity contribution in [3.8, 4) is 11.3 Å². The maximum Gasteiger partial charge on any atom is 0.210 e. The van der Waals surface area contributed by atoms with Crippen LogP contribution in [0.1, 0.15) is 16.7 Å². The highest BCUT2D eigenvalue weighted by Crippen LogP contribution is 2.36. The Labute approximate surface area is 165 Å². The van der Waals surface area contributed by atoms with Gasteiger partial charge in [0.2, 0.25) is 9.84 Å². The molecule has 0 aliphatic heterocycles. The number of hydrogen-bond acceptors (Lipinski definition) is 3. The van der Waals surface area contributed by atoms with Crippen molar-refractivity contribution >= 4 is 9.84 Å². The maximum atomic E-state index is 13.6. The summed E-state index contributed by atoms with van der Waals surface area (Å²) in [7, 11) is -3.74. The van der Waals surface area contributed by atoms with E-state index in [2.05, 4.69) is 0 Å². The molecule has 0 bridgehead atoms.